The van der Waals surface area contributed by atoms with Gasteiger partial charge >= 0.3 is 5.97 Å². The number of thioether (sulfide) groups is 1. The van der Waals surface area contributed by atoms with E-state index in [1.54, 1.807) is 24.3 Å². The molecule has 1 heterocycles. The van der Waals surface area contributed by atoms with Crippen molar-refractivity contribution >= 4 is 35.0 Å². The van der Waals surface area contributed by atoms with Gasteiger partial charge in [-0.05, 0) is 23.3 Å². The van der Waals surface area contributed by atoms with E-state index >= 15 is 0 Å². The number of rotatable bonds is 7. The largest absolute Gasteiger partial charge is 0.486 e. The second kappa shape index (κ2) is 9.44. The SMILES string of the molecule is O=C(O)CC1SC(=NN=Cc2ccc(COc3ccc(F)c(F)c3F)cc2)NC1=O. The number of carbonyl (C=O) groups is 2. The number of halogens is 3. The highest BCUT2D eigenvalue weighted by molar-refractivity contribution is 8.15. The van der Waals surface area contributed by atoms with Crippen molar-refractivity contribution in [2.45, 2.75) is 18.3 Å². The molecule has 156 valence electrons. The summed E-state index contributed by atoms with van der Waals surface area (Å²) < 4.78 is 44.9. The first kappa shape index (κ1) is 21.4. The Bertz CT molecular complexity index is 1030. The number of nitrogens with one attached hydrogen (secondary N) is 1. The maximum absolute atomic E-state index is 13.6. The van der Waals surface area contributed by atoms with Gasteiger partial charge in [0, 0.05) is 0 Å². The number of amidine groups is 1. The number of amides is 1. The fourth-order valence-electron chi connectivity index (χ4n) is 2.37. The van der Waals surface area contributed by atoms with Gasteiger partial charge in [-0.1, -0.05) is 36.0 Å². The number of aliphatic carboxylic acids is 1. The zero-order chi connectivity index (χ0) is 21.7. The molecule has 0 saturated carbocycles. The third-order valence-electron chi connectivity index (χ3n) is 3.87. The van der Waals surface area contributed by atoms with Gasteiger partial charge in [0.25, 0.3) is 0 Å². The molecule has 30 heavy (non-hydrogen) atoms. The second-order valence-corrected chi connectivity index (χ2v) is 7.24. The molecule has 1 fully saturated rings. The number of hydrogen-bond donors (Lipinski definition) is 2. The van der Waals surface area contributed by atoms with Crippen molar-refractivity contribution in [1.29, 1.82) is 0 Å². The van der Waals surface area contributed by atoms with Gasteiger partial charge in [-0.2, -0.15) is 9.49 Å². The van der Waals surface area contributed by atoms with Crippen molar-refractivity contribution in [3.8, 4) is 5.75 Å². The minimum Gasteiger partial charge on any atom is -0.486 e. The topological polar surface area (TPSA) is 100 Å². The highest BCUT2D eigenvalue weighted by Crippen LogP contribution is 2.23. The van der Waals surface area contributed by atoms with Crippen LogP contribution >= 0.6 is 11.8 Å². The van der Waals surface area contributed by atoms with Crippen molar-refractivity contribution in [2.75, 3.05) is 0 Å². The summed E-state index contributed by atoms with van der Waals surface area (Å²) in [5.41, 5.74) is 1.32. The summed E-state index contributed by atoms with van der Waals surface area (Å²) in [6.07, 6.45) is 1.11. The zero-order valence-corrected chi connectivity index (χ0v) is 16.0. The van der Waals surface area contributed by atoms with E-state index in [-0.39, 0.29) is 18.2 Å². The summed E-state index contributed by atoms with van der Waals surface area (Å²) in [4.78, 5) is 22.3. The molecule has 2 aromatic carbocycles. The number of hydrogen-bond acceptors (Lipinski definition) is 6. The van der Waals surface area contributed by atoms with Gasteiger partial charge in [-0.25, -0.2) is 8.78 Å². The zero-order valence-electron chi connectivity index (χ0n) is 15.1. The first-order chi connectivity index (χ1) is 14.3. The highest BCUT2D eigenvalue weighted by atomic mass is 32.2. The van der Waals surface area contributed by atoms with Crippen LogP contribution in [0.5, 0.6) is 5.75 Å². The molecular formula is C19H14F3N3O4S. The summed E-state index contributed by atoms with van der Waals surface area (Å²) >= 11 is 0.990. The predicted octanol–water partition coefficient (Wildman–Crippen LogP) is 3.08. The van der Waals surface area contributed by atoms with E-state index in [4.69, 9.17) is 9.84 Å². The van der Waals surface area contributed by atoms with Crippen LogP contribution in [-0.2, 0) is 16.2 Å². The van der Waals surface area contributed by atoms with E-state index in [0.717, 1.165) is 23.9 Å². The summed E-state index contributed by atoms with van der Waals surface area (Å²) in [6, 6.07) is 8.48. The lowest BCUT2D eigenvalue weighted by Gasteiger charge is -2.08. The quantitative estimate of drug-likeness (QED) is 0.394. The highest BCUT2D eigenvalue weighted by Gasteiger charge is 2.32. The molecule has 1 amide bonds. The second-order valence-electron chi connectivity index (χ2n) is 6.05. The van der Waals surface area contributed by atoms with Crippen LogP contribution in [0.15, 0.2) is 46.6 Å². The summed E-state index contributed by atoms with van der Waals surface area (Å²) in [7, 11) is 0. The van der Waals surface area contributed by atoms with E-state index < -0.39 is 40.3 Å². The first-order valence-corrected chi connectivity index (χ1v) is 9.37. The van der Waals surface area contributed by atoms with Crippen LogP contribution in [-0.4, -0.2) is 33.6 Å². The Morgan fingerprint density at radius 2 is 1.90 bits per heavy atom. The molecule has 11 heteroatoms. The van der Waals surface area contributed by atoms with Crippen molar-refractivity contribution in [2.24, 2.45) is 10.2 Å². The number of carboxylic acid groups (broad SMARTS) is 1. The molecule has 0 bridgehead atoms. The Morgan fingerprint density at radius 3 is 2.60 bits per heavy atom. The maximum Gasteiger partial charge on any atom is 0.305 e. The molecule has 1 saturated heterocycles. The van der Waals surface area contributed by atoms with Gasteiger partial charge in [0.05, 0.1) is 12.6 Å². The molecule has 0 radical (unpaired) electrons. The van der Waals surface area contributed by atoms with Gasteiger partial charge < -0.3 is 15.2 Å². The van der Waals surface area contributed by atoms with E-state index in [1.165, 1.54) is 6.21 Å². The van der Waals surface area contributed by atoms with E-state index in [0.29, 0.717) is 11.1 Å². The predicted molar refractivity (Wildman–Crippen MR) is 104 cm³/mol. The minimum atomic E-state index is -1.59. The number of benzene rings is 2. The van der Waals surface area contributed by atoms with Crippen LogP contribution in [0, 0.1) is 17.5 Å². The lowest BCUT2D eigenvalue weighted by Crippen LogP contribution is -2.26. The third-order valence-corrected chi connectivity index (χ3v) is 4.94. The Kier molecular flexibility index (Phi) is 6.72. The number of carboxylic acids is 1. The molecule has 7 nitrogen and oxygen atoms in total. The number of nitrogens with zero attached hydrogens (tertiary/aromatic N) is 2. The number of ether oxygens (including phenoxy) is 1. The molecule has 0 aromatic heterocycles. The summed E-state index contributed by atoms with van der Waals surface area (Å²) in [5, 5.41) is 18.3. The molecule has 1 atom stereocenters. The fourth-order valence-corrected chi connectivity index (χ4v) is 3.29. The van der Waals surface area contributed by atoms with Gasteiger partial charge in [-0.3, -0.25) is 9.59 Å². The average Bonchev–Trinajstić information content (AvgIpc) is 3.05. The Labute approximate surface area is 172 Å². The van der Waals surface area contributed by atoms with E-state index in [2.05, 4.69) is 15.5 Å². The molecule has 1 aliphatic heterocycles. The third kappa shape index (κ3) is 5.38. The lowest BCUT2D eigenvalue weighted by atomic mass is 10.1. The summed E-state index contributed by atoms with van der Waals surface area (Å²) in [6.45, 7) is -0.0602. The lowest BCUT2D eigenvalue weighted by molar-refractivity contribution is -0.138. The molecular weight excluding hydrogens is 423 g/mol. The molecule has 1 aliphatic rings. The average molecular weight is 437 g/mol. The fraction of sp³-hybridized carbons (Fsp3) is 0.158. The van der Waals surface area contributed by atoms with Gasteiger partial charge in [0.1, 0.15) is 11.9 Å². The van der Waals surface area contributed by atoms with Crippen LogP contribution in [0.4, 0.5) is 13.2 Å². The maximum atomic E-state index is 13.6. The van der Waals surface area contributed by atoms with Crippen molar-refractivity contribution in [3.05, 3.63) is 65.0 Å². The van der Waals surface area contributed by atoms with Gasteiger partial charge in [0.15, 0.2) is 22.6 Å². The van der Waals surface area contributed by atoms with Crippen molar-refractivity contribution < 1.29 is 32.6 Å². The van der Waals surface area contributed by atoms with Crippen molar-refractivity contribution in [3.63, 3.8) is 0 Å². The Balaban J connectivity index is 1.55. The molecule has 2 N–H and O–H groups in total. The van der Waals surface area contributed by atoms with Crippen LogP contribution in [0.1, 0.15) is 17.5 Å². The molecule has 1 unspecified atom stereocenters. The van der Waals surface area contributed by atoms with Gasteiger partial charge in [-0.15, -0.1) is 5.10 Å². The van der Waals surface area contributed by atoms with E-state index in [9.17, 15) is 22.8 Å². The van der Waals surface area contributed by atoms with E-state index in [1.807, 2.05) is 0 Å². The monoisotopic (exact) mass is 437 g/mol. The molecule has 0 spiro atoms. The normalized spacial score (nSPS) is 17.5. The Hall–Kier alpha value is -3.34. The standard InChI is InChI=1S/C19H14F3N3O4S/c20-12-5-6-13(17(22)16(12)21)29-9-11-3-1-10(2-4-11)8-23-25-19-24-18(28)14(30-19)7-15(26)27/h1-6,8,14H,7,9H2,(H,26,27)(H,24,25,28). The first-order valence-electron chi connectivity index (χ1n) is 8.49. The van der Waals surface area contributed by atoms with Crippen LogP contribution in [0.25, 0.3) is 0 Å². The molecule has 2 aromatic rings. The number of carbonyl (C=O) groups excluding carboxylic acids is 1. The molecule has 3 rings (SSSR count). The van der Waals surface area contributed by atoms with Crippen LogP contribution in [0.2, 0.25) is 0 Å². The smallest absolute Gasteiger partial charge is 0.305 e. The van der Waals surface area contributed by atoms with Crippen LogP contribution in [0.3, 0.4) is 0 Å². The Morgan fingerprint density at radius 1 is 1.17 bits per heavy atom. The molecule has 0 aliphatic carbocycles. The summed E-state index contributed by atoms with van der Waals surface area (Å²) in [5.74, 6) is -6.18. The van der Waals surface area contributed by atoms with Crippen LogP contribution < -0.4 is 10.1 Å². The van der Waals surface area contributed by atoms with Crippen molar-refractivity contribution in [1.82, 2.24) is 5.32 Å². The van der Waals surface area contributed by atoms with Gasteiger partial charge in [0.2, 0.25) is 11.7 Å². The minimum absolute atomic E-state index is 0.0602.